The van der Waals surface area contributed by atoms with Gasteiger partial charge in [-0.05, 0) is 30.3 Å². The SMILES string of the molecule is [O-]N([O-])c1ccc(NN=C(c2ccccc2)c2ccc(Br)cc2)c(N(O)O)c1. The minimum atomic E-state index is -0.628. The number of rotatable bonds is 6. The van der Waals surface area contributed by atoms with Crippen LogP contribution in [0.3, 0.4) is 0 Å². The Kier molecular flexibility index (Phi) is 6.24. The van der Waals surface area contributed by atoms with Crippen LogP contribution < -0.4 is 15.9 Å². The second-order valence-electron chi connectivity index (χ2n) is 5.69. The quantitative estimate of drug-likeness (QED) is 0.373. The molecule has 0 aliphatic heterocycles. The fourth-order valence-electron chi connectivity index (χ4n) is 2.51. The highest BCUT2D eigenvalue weighted by molar-refractivity contribution is 9.10. The first-order valence-corrected chi connectivity index (χ1v) is 8.86. The molecule has 0 atom stereocenters. The zero-order chi connectivity index (χ0) is 20.1. The summed E-state index contributed by atoms with van der Waals surface area (Å²) >= 11 is 3.40. The smallest absolute Gasteiger partial charge is 0.121 e. The Labute approximate surface area is 169 Å². The molecule has 0 heterocycles. The Morgan fingerprint density at radius 3 is 2.14 bits per heavy atom. The Balaban J connectivity index is 2.01. The summed E-state index contributed by atoms with van der Waals surface area (Å²) in [6.07, 6.45) is 0. The Bertz CT molecular complexity index is 963. The van der Waals surface area contributed by atoms with Gasteiger partial charge in [-0.1, -0.05) is 58.4 Å². The average Bonchev–Trinajstić information content (AvgIpc) is 2.70. The summed E-state index contributed by atoms with van der Waals surface area (Å²) in [7, 11) is 0. The van der Waals surface area contributed by atoms with Gasteiger partial charge >= 0.3 is 0 Å². The van der Waals surface area contributed by atoms with Gasteiger partial charge in [0, 0.05) is 21.3 Å². The highest BCUT2D eigenvalue weighted by Gasteiger charge is 2.11. The van der Waals surface area contributed by atoms with Gasteiger partial charge in [0.05, 0.1) is 11.4 Å². The summed E-state index contributed by atoms with van der Waals surface area (Å²) in [6, 6.07) is 20.6. The summed E-state index contributed by atoms with van der Waals surface area (Å²) in [5, 5.41) is 44.3. The van der Waals surface area contributed by atoms with E-state index in [0.717, 1.165) is 21.7 Å². The Morgan fingerprint density at radius 1 is 0.893 bits per heavy atom. The maximum absolute atomic E-state index is 10.9. The molecule has 8 nitrogen and oxygen atoms in total. The number of anilines is 3. The molecule has 144 valence electrons. The fourth-order valence-corrected chi connectivity index (χ4v) is 2.77. The predicted octanol–water partition coefficient (Wildman–Crippen LogP) is 4.70. The molecule has 9 heteroatoms. The van der Waals surface area contributed by atoms with Gasteiger partial charge in [0.25, 0.3) is 0 Å². The van der Waals surface area contributed by atoms with Gasteiger partial charge in [0.2, 0.25) is 0 Å². The first kappa shape index (κ1) is 19.8. The van der Waals surface area contributed by atoms with Crippen LogP contribution in [-0.4, -0.2) is 16.1 Å². The normalized spacial score (nSPS) is 11.2. The molecular formula is C19H15BrN4O4-2. The third-order valence-electron chi connectivity index (χ3n) is 3.86. The lowest BCUT2D eigenvalue weighted by molar-refractivity contribution is 0.0295. The molecule has 0 radical (unpaired) electrons. The lowest BCUT2D eigenvalue weighted by Gasteiger charge is -2.37. The van der Waals surface area contributed by atoms with Gasteiger partial charge in [0.15, 0.2) is 0 Å². The number of benzene rings is 3. The second kappa shape index (κ2) is 8.83. The lowest BCUT2D eigenvalue weighted by atomic mass is 10.0. The van der Waals surface area contributed by atoms with Gasteiger partial charge in [-0.15, -0.1) is 5.23 Å². The number of hydrazone groups is 1. The van der Waals surface area contributed by atoms with Crippen LogP contribution in [0.15, 0.2) is 82.4 Å². The van der Waals surface area contributed by atoms with Crippen LogP contribution in [0.25, 0.3) is 0 Å². The van der Waals surface area contributed by atoms with Crippen molar-refractivity contribution >= 4 is 38.7 Å². The predicted molar refractivity (Wildman–Crippen MR) is 112 cm³/mol. The molecule has 0 aliphatic carbocycles. The molecule has 3 aromatic carbocycles. The van der Waals surface area contributed by atoms with Crippen molar-refractivity contribution in [1.29, 1.82) is 0 Å². The highest BCUT2D eigenvalue weighted by Crippen LogP contribution is 2.29. The number of hydrogen-bond donors (Lipinski definition) is 3. The van der Waals surface area contributed by atoms with Crippen molar-refractivity contribution in [2.24, 2.45) is 5.10 Å². The van der Waals surface area contributed by atoms with Crippen molar-refractivity contribution < 1.29 is 10.4 Å². The molecule has 0 spiro atoms. The largest absolute Gasteiger partial charge is 0.769 e. The molecule has 0 aliphatic rings. The van der Waals surface area contributed by atoms with Crippen molar-refractivity contribution in [3.8, 4) is 0 Å². The molecule has 3 aromatic rings. The van der Waals surface area contributed by atoms with E-state index in [1.54, 1.807) is 0 Å². The monoisotopic (exact) mass is 442 g/mol. The molecule has 3 N–H and O–H groups in total. The second-order valence-corrected chi connectivity index (χ2v) is 6.61. The molecular weight excluding hydrogens is 428 g/mol. The van der Waals surface area contributed by atoms with Crippen LogP contribution in [0.5, 0.6) is 0 Å². The van der Waals surface area contributed by atoms with E-state index < -0.39 is 5.23 Å². The summed E-state index contributed by atoms with van der Waals surface area (Å²) in [5.74, 6) is 0. The zero-order valence-corrected chi connectivity index (χ0v) is 15.9. The summed E-state index contributed by atoms with van der Waals surface area (Å²) < 4.78 is 0.922. The molecule has 0 saturated carbocycles. The molecule has 0 fully saturated rings. The van der Waals surface area contributed by atoms with E-state index >= 15 is 0 Å². The molecule has 0 bridgehead atoms. The topological polar surface area (TPSA) is 117 Å². The zero-order valence-electron chi connectivity index (χ0n) is 14.4. The average molecular weight is 443 g/mol. The number of nitrogens with one attached hydrogen (secondary N) is 1. The van der Waals surface area contributed by atoms with Gasteiger partial charge in [-0.3, -0.25) is 15.8 Å². The lowest BCUT2D eigenvalue weighted by Crippen LogP contribution is -2.15. The summed E-state index contributed by atoms with van der Waals surface area (Å²) in [6.45, 7) is 0. The number of halogens is 1. The maximum Gasteiger partial charge on any atom is 0.121 e. The van der Waals surface area contributed by atoms with Crippen molar-refractivity contribution in [1.82, 2.24) is 0 Å². The van der Waals surface area contributed by atoms with Crippen LogP contribution in [-0.2, 0) is 0 Å². The van der Waals surface area contributed by atoms with E-state index in [4.69, 9.17) is 0 Å². The van der Waals surface area contributed by atoms with Gasteiger partial charge < -0.3 is 15.6 Å². The van der Waals surface area contributed by atoms with E-state index in [9.17, 15) is 20.8 Å². The Hall–Kier alpha value is -2.95. The van der Waals surface area contributed by atoms with E-state index in [-0.39, 0.29) is 22.3 Å². The van der Waals surface area contributed by atoms with E-state index in [0.29, 0.717) is 5.71 Å². The van der Waals surface area contributed by atoms with Crippen LogP contribution in [0.2, 0.25) is 0 Å². The van der Waals surface area contributed by atoms with Crippen molar-refractivity contribution in [2.45, 2.75) is 0 Å². The third kappa shape index (κ3) is 4.66. The molecule has 28 heavy (non-hydrogen) atoms. The molecule has 0 amide bonds. The fraction of sp³-hybridized carbons (Fsp3) is 0. The highest BCUT2D eigenvalue weighted by atomic mass is 79.9. The van der Waals surface area contributed by atoms with Gasteiger partial charge in [0.1, 0.15) is 5.69 Å². The number of nitrogens with zero attached hydrogens (tertiary/aromatic N) is 3. The molecule has 0 saturated heterocycles. The standard InChI is InChI=1S/C19H15BrN4O4/c20-15-8-6-14(7-9-15)19(13-4-2-1-3-5-13)22-21-17-11-10-16(23(25)26)12-18(17)24(27)28/h1-12,21,27-28H/q-2. The van der Waals surface area contributed by atoms with Crippen molar-refractivity contribution in [3.63, 3.8) is 0 Å². The first-order valence-electron chi connectivity index (χ1n) is 8.07. The summed E-state index contributed by atoms with van der Waals surface area (Å²) in [4.78, 5) is 0. The Morgan fingerprint density at radius 2 is 1.54 bits per heavy atom. The first-order chi connectivity index (χ1) is 13.5. The van der Waals surface area contributed by atoms with Crippen LogP contribution >= 0.6 is 15.9 Å². The van der Waals surface area contributed by atoms with Crippen molar-refractivity contribution in [3.05, 3.63) is 98.8 Å². The van der Waals surface area contributed by atoms with Gasteiger partial charge in [-0.25, -0.2) is 0 Å². The van der Waals surface area contributed by atoms with E-state index in [1.165, 1.54) is 12.1 Å². The molecule has 0 aromatic heterocycles. The van der Waals surface area contributed by atoms with Crippen LogP contribution in [0.4, 0.5) is 17.1 Å². The van der Waals surface area contributed by atoms with Gasteiger partial charge in [-0.2, -0.15) is 5.10 Å². The molecule has 3 rings (SSSR count). The number of hydrogen-bond acceptors (Lipinski definition) is 8. The van der Waals surface area contributed by atoms with E-state index in [1.807, 2.05) is 54.6 Å². The van der Waals surface area contributed by atoms with E-state index in [2.05, 4.69) is 26.5 Å². The van der Waals surface area contributed by atoms with Crippen LogP contribution in [0.1, 0.15) is 11.1 Å². The van der Waals surface area contributed by atoms with Crippen molar-refractivity contribution in [2.75, 3.05) is 15.9 Å². The minimum absolute atomic E-state index is 0.182. The maximum atomic E-state index is 10.9. The molecule has 0 unspecified atom stereocenters. The third-order valence-corrected chi connectivity index (χ3v) is 4.39. The minimum Gasteiger partial charge on any atom is -0.769 e. The summed E-state index contributed by atoms with van der Waals surface area (Å²) in [5.41, 5.74) is 4.73. The van der Waals surface area contributed by atoms with Crippen LogP contribution in [0, 0.1) is 10.4 Å².